The van der Waals surface area contributed by atoms with Gasteiger partial charge in [-0.15, -0.1) is 11.3 Å². The maximum absolute atomic E-state index is 13.0. The van der Waals surface area contributed by atoms with Crippen LogP contribution in [0.5, 0.6) is 0 Å². The van der Waals surface area contributed by atoms with E-state index < -0.39 is 16.1 Å². The minimum Gasteiger partial charge on any atom is -0.312 e. The van der Waals surface area contributed by atoms with Crippen molar-refractivity contribution >= 4 is 54.6 Å². The quantitative estimate of drug-likeness (QED) is 0.625. The number of nitrogens with one attached hydrogen (secondary N) is 2. The van der Waals surface area contributed by atoms with Gasteiger partial charge in [-0.25, -0.2) is 8.42 Å². The van der Waals surface area contributed by atoms with E-state index in [-0.39, 0.29) is 10.1 Å². The Bertz CT molecular complexity index is 1260. The fourth-order valence-corrected chi connectivity index (χ4v) is 6.95. The Morgan fingerprint density at radius 3 is 2.87 bits per heavy atom. The maximum atomic E-state index is 13.0. The number of anilines is 1. The standard InChI is InChI=1S/C21H20ClN3O3S2/c22-16-3-1-14-10-20(29-19(14)11-16)30(27,28)24-18-6-8-25(21(18)26)17-4-2-15-12-23-7-5-13(15)9-17/h1-4,9-11,18,23-24H,5-8,12H2/t18-/m0/s1. The number of benzene rings is 2. The molecule has 30 heavy (non-hydrogen) atoms. The van der Waals surface area contributed by atoms with E-state index in [1.807, 2.05) is 12.1 Å². The Balaban J connectivity index is 1.36. The van der Waals surface area contributed by atoms with Crippen LogP contribution in [0.4, 0.5) is 5.69 Å². The normalized spacial score (nSPS) is 19.4. The summed E-state index contributed by atoms with van der Waals surface area (Å²) in [7, 11) is -3.80. The zero-order chi connectivity index (χ0) is 20.9. The first kappa shape index (κ1) is 20.0. The van der Waals surface area contributed by atoms with Crippen LogP contribution in [-0.4, -0.2) is 33.5 Å². The van der Waals surface area contributed by atoms with E-state index >= 15 is 0 Å². The number of nitrogens with zero attached hydrogens (tertiary/aromatic N) is 1. The molecule has 0 bridgehead atoms. The van der Waals surface area contributed by atoms with Gasteiger partial charge in [0.15, 0.2) is 0 Å². The summed E-state index contributed by atoms with van der Waals surface area (Å²) >= 11 is 7.16. The van der Waals surface area contributed by atoms with Crippen LogP contribution >= 0.6 is 22.9 Å². The number of carbonyl (C=O) groups is 1. The number of rotatable bonds is 4. The second kappa shape index (κ2) is 7.62. The Hall–Kier alpha value is -1.97. The van der Waals surface area contributed by atoms with Crippen molar-refractivity contribution < 1.29 is 13.2 Å². The Kier molecular flexibility index (Phi) is 5.07. The summed E-state index contributed by atoms with van der Waals surface area (Å²) < 4.78 is 29.4. The van der Waals surface area contributed by atoms with Crippen LogP contribution in [0.2, 0.25) is 5.02 Å². The molecular weight excluding hydrogens is 442 g/mol. The third-order valence-electron chi connectivity index (χ3n) is 5.62. The van der Waals surface area contributed by atoms with Crippen molar-refractivity contribution in [3.05, 3.63) is 58.6 Å². The first-order valence-corrected chi connectivity index (χ1v) is 12.4. The molecule has 6 nitrogen and oxygen atoms in total. The molecular formula is C21H20ClN3O3S2. The second-order valence-electron chi connectivity index (χ2n) is 7.58. The number of carbonyl (C=O) groups excluding carboxylic acids is 1. The molecule has 156 valence electrons. The van der Waals surface area contributed by atoms with E-state index in [9.17, 15) is 13.2 Å². The molecule has 2 aliphatic heterocycles. The van der Waals surface area contributed by atoms with E-state index in [1.165, 1.54) is 11.1 Å². The van der Waals surface area contributed by atoms with E-state index in [2.05, 4.69) is 16.1 Å². The SMILES string of the molecule is O=C1[C@@H](NS(=O)(=O)c2cc3ccc(Cl)cc3s2)CCN1c1ccc2c(c1)CCNC2. The van der Waals surface area contributed by atoms with Gasteiger partial charge >= 0.3 is 0 Å². The zero-order valence-electron chi connectivity index (χ0n) is 16.0. The number of fused-ring (bicyclic) bond motifs is 2. The van der Waals surface area contributed by atoms with Crippen LogP contribution < -0.4 is 14.9 Å². The number of sulfonamides is 1. The van der Waals surface area contributed by atoms with Crippen molar-refractivity contribution in [2.75, 3.05) is 18.0 Å². The van der Waals surface area contributed by atoms with Gasteiger partial charge in [0.05, 0.1) is 0 Å². The lowest BCUT2D eigenvalue weighted by atomic mass is 10.0. The predicted octanol–water partition coefficient (Wildman–Crippen LogP) is 3.28. The molecule has 1 amide bonds. The van der Waals surface area contributed by atoms with Crippen LogP contribution in [0.3, 0.4) is 0 Å². The molecule has 2 aromatic carbocycles. The highest BCUT2D eigenvalue weighted by Gasteiger charge is 2.36. The number of halogens is 1. The maximum Gasteiger partial charge on any atom is 0.250 e. The highest BCUT2D eigenvalue weighted by molar-refractivity contribution is 7.91. The smallest absolute Gasteiger partial charge is 0.250 e. The van der Waals surface area contributed by atoms with Gasteiger partial charge in [0.25, 0.3) is 10.0 Å². The number of thiophene rings is 1. The fourth-order valence-electron chi connectivity index (χ4n) is 4.04. The Morgan fingerprint density at radius 1 is 1.13 bits per heavy atom. The lowest BCUT2D eigenvalue weighted by molar-refractivity contribution is -0.118. The van der Waals surface area contributed by atoms with Crippen molar-refractivity contribution in [1.82, 2.24) is 10.0 Å². The lowest BCUT2D eigenvalue weighted by Crippen LogP contribution is -2.41. The summed E-state index contributed by atoms with van der Waals surface area (Å²) in [6.45, 7) is 2.25. The minimum atomic E-state index is -3.80. The summed E-state index contributed by atoms with van der Waals surface area (Å²) in [5.41, 5.74) is 3.32. The van der Waals surface area contributed by atoms with Crippen LogP contribution in [0, 0.1) is 0 Å². The summed E-state index contributed by atoms with van der Waals surface area (Å²) in [4.78, 5) is 14.7. The van der Waals surface area contributed by atoms with Gasteiger partial charge in [0.2, 0.25) is 5.91 Å². The summed E-state index contributed by atoms with van der Waals surface area (Å²) in [6.07, 6.45) is 1.37. The van der Waals surface area contributed by atoms with E-state index in [4.69, 9.17) is 11.6 Å². The second-order valence-corrected chi connectivity index (χ2v) is 11.0. The van der Waals surface area contributed by atoms with Crippen LogP contribution in [0.15, 0.2) is 46.7 Å². The molecule has 0 spiro atoms. The average molecular weight is 462 g/mol. The monoisotopic (exact) mass is 461 g/mol. The summed E-state index contributed by atoms with van der Waals surface area (Å²) in [6, 6.07) is 12.2. The first-order valence-electron chi connectivity index (χ1n) is 9.76. The largest absolute Gasteiger partial charge is 0.312 e. The highest BCUT2D eigenvalue weighted by Crippen LogP contribution is 2.32. The van der Waals surface area contributed by atoms with Gasteiger partial charge < -0.3 is 10.2 Å². The molecule has 0 unspecified atom stereocenters. The van der Waals surface area contributed by atoms with Gasteiger partial charge in [0.1, 0.15) is 10.3 Å². The van der Waals surface area contributed by atoms with Crippen molar-refractivity contribution in [2.24, 2.45) is 0 Å². The predicted molar refractivity (Wildman–Crippen MR) is 120 cm³/mol. The first-order chi connectivity index (χ1) is 14.4. The Morgan fingerprint density at radius 2 is 2.00 bits per heavy atom. The highest BCUT2D eigenvalue weighted by atomic mass is 35.5. The van der Waals surface area contributed by atoms with Crippen LogP contribution in [-0.2, 0) is 27.8 Å². The van der Waals surface area contributed by atoms with Gasteiger partial charge in [-0.1, -0.05) is 23.7 Å². The van der Waals surface area contributed by atoms with Crippen molar-refractivity contribution in [3.63, 3.8) is 0 Å². The lowest BCUT2D eigenvalue weighted by Gasteiger charge is -2.22. The van der Waals surface area contributed by atoms with Crippen molar-refractivity contribution in [3.8, 4) is 0 Å². The van der Waals surface area contributed by atoms with Crippen molar-refractivity contribution in [2.45, 2.75) is 29.6 Å². The molecule has 3 heterocycles. The van der Waals surface area contributed by atoms with Crippen molar-refractivity contribution in [1.29, 1.82) is 0 Å². The molecule has 9 heteroatoms. The van der Waals surface area contributed by atoms with Gasteiger partial charge in [-0.05, 0) is 66.2 Å². The molecule has 1 aromatic heterocycles. The summed E-state index contributed by atoms with van der Waals surface area (Å²) in [5.74, 6) is -0.211. The number of hydrogen-bond donors (Lipinski definition) is 2. The zero-order valence-corrected chi connectivity index (χ0v) is 18.4. The third kappa shape index (κ3) is 3.63. The van der Waals surface area contributed by atoms with Crippen LogP contribution in [0.1, 0.15) is 17.5 Å². The van der Waals surface area contributed by atoms with Gasteiger partial charge in [-0.3, -0.25) is 4.79 Å². The van der Waals surface area contributed by atoms with E-state index in [0.717, 1.165) is 46.6 Å². The minimum absolute atomic E-state index is 0.187. The molecule has 1 saturated heterocycles. The topological polar surface area (TPSA) is 78.5 Å². The third-order valence-corrected chi connectivity index (χ3v) is 8.89. The van der Waals surface area contributed by atoms with E-state index in [1.54, 1.807) is 29.2 Å². The average Bonchev–Trinajstić information content (AvgIpc) is 3.31. The Labute approximate surface area is 183 Å². The number of amides is 1. The molecule has 2 N–H and O–H groups in total. The number of hydrogen-bond acceptors (Lipinski definition) is 5. The molecule has 5 rings (SSSR count). The summed E-state index contributed by atoms with van der Waals surface area (Å²) in [5, 5.41) is 4.71. The van der Waals surface area contributed by atoms with Gasteiger partial charge in [-0.2, -0.15) is 4.72 Å². The molecule has 0 aliphatic carbocycles. The molecule has 0 saturated carbocycles. The van der Waals surface area contributed by atoms with Gasteiger partial charge in [0, 0.05) is 28.5 Å². The molecule has 3 aromatic rings. The molecule has 2 aliphatic rings. The van der Waals surface area contributed by atoms with Crippen LogP contribution in [0.25, 0.3) is 10.1 Å². The van der Waals surface area contributed by atoms with E-state index in [0.29, 0.717) is 18.0 Å². The fraction of sp³-hybridized carbons (Fsp3) is 0.286. The molecule has 0 radical (unpaired) electrons. The molecule has 1 fully saturated rings. The molecule has 1 atom stereocenters.